The minimum atomic E-state index is -0.887. The normalized spacial score (nSPS) is 26.5. The number of carboxylic acids is 1. The summed E-state index contributed by atoms with van der Waals surface area (Å²) < 4.78 is 6.23. The fourth-order valence-electron chi connectivity index (χ4n) is 6.88. The summed E-state index contributed by atoms with van der Waals surface area (Å²) in [6.45, 7) is 4.40. The highest BCUT2D eigenvalue weighted by atomic mass is 16.5. The van der Waals surface area contributed by atoms with E-state index in [1.807, 2.05) is 19.2 Å². The van der Waals surface area contributed by atoms with Crippen molar-refractivity contribution in [1.82, 2.24) is 4.90 Å². The van der Waals surface area contributed by atoms with Crippen LogP contribution in [0.15, 0.2) is 48.5 Å². The molecular weight excluding hydrogens is 436 g/mol. The van der Waals surface area contributed by atoms with Gasteiger partial charge < -0.3 is 14.7 Å². The number of methoxy groups -OCH3 is 1. The Labute approximate surface area is 210 Å². The van der Waals surface area contributed by atoms with Crippen molar-refractivity contribution >= 4 is 11.7 Å². The summed E-state index contributed by atoms with van der Waals surface area (Å²) in [5.74, 6) is -0.112. The monoisotopic (exact) mass is 476 g/mol. The van der Waals surface area contributed by atoms with Gasteiger partial charge in [-0.25, -0.2) is 4.79 Å². The Balaban J connectivity index is 1.13. The van der Waals surface area contributed by atoms with Gasteiger partial charge in [0, 0.05) is 45.0 Å². The first kappa shape index (κ1) is 24.3. The predicted molar refractivity (Wildman–Crippen MR) is 141 cm³/mol. The third kappa shape index (κ3) is 5.26. The Morgan fingerprint density at radius 1 is 0.829 bits per heavy atom. The lowest BCUT2D eigenvalue weighted by Gasteiger charge is -2.49. The quantitative estimate of drug-likeness (QED) is 0.547. The molecule has 0 aromatic heterocycles. The van der Waals surface area contributed by atoms with Gasteiger partial charge in [-0.15, -0.1) is 0 Å². The van der Waals surface area contributed by atoms with E-state index < -0.39 is 5.97 Å². The second kappa shape index (κ2) is 10.7. The minimum Gasteiger partial charge on any atom is -0.478 e. The molecule has 3 fully saturated rings. The van der Waals surface area contributed by atoms with E-state index in [4.69, 9.17) is 9.84 Å². The molecule has 1 N–H and O–H groups in total. The van der Waals surface area contributed by atoms with Crippen molar-refractivity contribution in [2.24, 2.45) is 5.92 Å². The number of piperazine rings is 1. The summed E-state index contributed by atoms with van der Waals surface area (Å²) in [7, 11) is 1.96. The van der Waals surface area contributed by atoms with Crippen LogP contribution < -0.4 is 4.90 Å². The van der Waals surface area contributed by atoms with Gasteiger partial charge in [0.1, 0.15) is 0 Å². The maximum absolute atomic E-state index is 11.1. The van der Waals surface area contributed by atoms with E-state index >= 15 is 0 Å². The van der Waals surface area contributed by atoms with Crippen LogP contribution in [0.1, 0.15) is 68.1 Å². The number of ether oxygens (including phenoxy) is 1. The van der Waals surface area contributed by atoms with E-state index in [1.165, 1.54) is 63.5 Å². The fraction of sp³-hybridized carbons (Fsp3) is 0.567. The van der Waals surface area contributed by atoms with Crippen LogP contribution in [0.3, 0.4) is 0 Å². The molecule has 0 atom stereocenters. The molecule has 5 rings (SSSR count). The highest BCUT2D eigenvalue weighted by Crippen LogP contribution is 2.44. The van der Waals surface area contributed by atoms with Gasteiger partial charge in [0.15, 0.2) is 0 Å². The topological polar surface area (TPSA) is 53.0 Å². The Hall–Kier alpha value is -2.37. The molecule has 0 unspecified atom stereocenters. The lowest BCUT2D eigenvalue weighted by molar-refractivity contribution is -0.105. The number of nitrogens with zero attached hydrogens (tertiary/aromatic N) is 2. The molecule has 1 heterocycles. The summed E-state index contributed by atoms with van der Waals surface area (Å²) in [6.07, 6.45) is 11.9. The highest BCUT2D eigenvalue weighted by Gasteiger charge is 2.43. The van der Waals surface area contributed by atoms with Gasteiger partial charge >= 0.3 is 5.97 Å². The molecule has 0 bridgehead atoms. The molecule has 2 aromatic rings. The molecule has 188 valence electrons. The lowest BCUT2D eigenvalue weighted by Crippen LogP contribution is -2.54. The van der Waals surface area contributed by atoms with Crippen molar-refractivity contribution < 1.29 is 14.6 Å². The van der Waals surface area contributed by atoms with Crippen molar-refractivity contribution in [3.05, 3.63) is 54.1 Å². The molecule has 0 radical (unpaired) electrons. The number of aromatic carboxylic acids is 1. The molecule has 3 aliphatic rings. The maximum Gasteiger partial charge on any atom is 0.335 e. The molecule has 5 nitrogen and oxygen atoms in total. The second-order valence-electron chi connectivity index (χ2n) is 10.8. The zero-order chi connectivity index (χ0) is 24.3. The van der Waals surface area contributed by atoms with Crippen LogP contribution in [0.2, 0.25) is 0 Å². The number of benzene rings is 2. The van der Waals surface area contributed by atoms with Gasteiger partial charge in [-0.3, -0.25) is 4.90 Å². The average Bonchev–Trinajstić information content (AvgIpc) is 2.94. The smallest absolute Gasteiger partial charge is 0.335 e. The van der Waals surface area contributed by atoms with Crippen LogP contribution >= 0.6 is 0 Å². The zero-order valence-corrected chi connectivity index (χ0v) is 21.1. The number of carboxylic acid groups (broad SMARTS) is 1. The maximum atomic E-state index is 11.1. The molecule has 2 saturated carbocycles. The Bertz CT molecular complexity index is 966. The number of rotatable bonds is 6. The molecule has 2 aromatic carbocycles. The minimum absolute atomic E-state index is 0.147. The van der Waals surface area contributed by atoms with E-state index in [0.717, 1.165) is 43.2 Å². The Morgan fingerprint density at radius 2 is 1.40 bits per heavy atom. The summed E-state index contributed by atoms with van der Waals surface area (Å²) in [4.78, 5) is 16.3. The standard InChI is InChI=1S/C30H40N2O3/c1-35-30(26-5-3-2-4-6-26)17-15-28(16-18-30)32-21-19-31(20-22-32)27-13-11-24(12-14-27)23-7-9-25(10-8-23)29(33)34/h7-14,26,28H,2-6,15-22H2,1H3,(H,33,34). The second-order valence-corrected chi connectivity index (χ2v) is 10.8. The number of hydrogen-bond acceptors (Lipinski definition) is 4. The SMILES string of the molecule is COC1(C2CCCCC2)CCC(N2CCN(c3ccc(-c4ccc(C(=O)O)cc4)cc3)CC2)CC1. The van der Waals surface area contributed by atoms with Crippen LogP contribution in [-0.4, -0.2) is 60.9 Å². The van der Waals surface area contributed by atoms with Gasteiger partial charge in [-0.2, -0.15) is 0 Å². The van der Waals surface area contributed by atoms with Crippen LogP contribution in [0.25, 0.3) is 11.1 Å². The summed E-state index contributed by atoms with van der Waals surface area (Å²) in [6, 6.07) is 16.5. The molecular formula is C30H40N2O3. The van der Waals surface area contributed by atoms with E-state index in [9.17, 15) is 4.79 Å². The Kier molecular flexibility index (Phi) is 7.45. The lowest BCUT2D eigenvalue weighted by atomic mass is 9.68. The number of anilines is 1. The van der Waals surface area contributed by atoms with E-state index in [2.05, 4.69) is 34.1 Å². The van der Waals surface area contributed by atoms with Gasteiger partial charge in [0.2, 0.25) is 0 Å². The molecule has 5 heteroatoms. The van der Waals surface area contributed by atoms with Crippen LogP contribution in [0.4, 0.5) is 5.69 Å². The first-order valence-electron chi connectivity index (χ1n) is 13.6. The average molecular weight is 477 g/mol. The van der Waals surface area contributed by atoms with Crippen LogP contribution in [-0.2, 0) is 4.74 Å². The third-order valence-corrected chi connectivity index (χ3v) is 9.09. The third-order valence-electron chi connectivity index (χ3n) is 9.09. The molecule has 0 spiro atoms. The largest absolute Gasteiger partial charge is 0.478 e. The Morgan fingerprint density at radius 3 is 1.94 bits per heavy atom. The first-order chi connectivity index (χ1) is 17.1. The molecule has 1 aliphatic heterocycles. The van der Waals surface area contributed by atoms with Crippen molar-refractivity contribution in [1.29, 1.82) is 0 Å². The summed E-state index contributed by atoms with van der Waals surface area (Å²) in [5.41, 5.74) is 3.90. The highest BCUT2D eigenvalue weighted by molar-refractivity contribution is 5.88. The van der Waals surface area contributed by atoms with Crippen molar-refractivity contribution in [2.45, 2.75) is 69.4 Å². The number of hydrogen-bond donors (Lipinski definition) is 1. The van der Waals surface area contributed by atoms with Gasteiger partial charge in [0.05, 0.1) is 11.2 Å². The van der Waals surface area contributed by atoms with Crippen LogP contribution in [0.5, 0.6) is 0 Å². The number of carbonyl (C=O) groups is 1. The summed E-state index contributed by atoms with van der Waals surface area (Å²) >= 11 is 0. The van der Waals surface area contributed by atoms with Crippen molar-refractivity contribution in [2.75, 3.05) is 38.2 Å². The van der Waals surface area contributed by atoms with Crippen LogP contribution in [0, 0.1) is 5.92 Å². The van der Waals surface area contributed by atoms with Gasteiger partial charge in [-0.05, 0) is 79.8 Å². The summed E-state index contributed by atoms with van der Waals surface area (Å²) in [5, 5.41) is 9.10. The van der Waals surface area contributed by atoms with Crippen molar-refractivity contribution in [3.8, 4) is 11.1 Å². The molecule has 1 saturated heterocycles. The molecule has 0 amide bonds. The van der Waals surface area contributed by atoms with Gasteiger partial charge in [-0.1, -0.05) is 43.5 Å². The predicted octanol–water partition coefficient (Wildman–Crippen LogP) is 6.08. The first-order valence-corrected chi connectivity index (χ1v) is 13.6. The van der Waals surface area contributed by atoms with Crippen molar-refractivity contribution in [3.63, 3.8) is 0 Å². The van der Waals surface area contributed by atoms with Gasteiger partial charge in [0.25, 0.3) is 0 Å². The fourth-order valence-corrected chi connectivity index (χ4v) is 6.88. The zero-order valence-electron chi connectivity index (χ0n) is 21.1. The van der Waals surface area contributed by atoms with E-state index in [0.29, 0.717) is 11.6 Å². The van der Waals surface area contributed by atoms with E-state index in [-0.39, 0.29) is 5.60 Å². The molecule has 2 aliphatic carbocycles. The van der Waals surface area contributed by atoms with E-state index in [1.54, 1.807) is 12.1 Å². The molecule has 35 heavy (non-hydrogen) atoms.